The number of hydrogen-bond donors (Lipinski definition) is 2. The predicted octanol–water partition coefficient (Wildman–Crippen LogP) is 2.32. The van der Waals surface area contributed by atoms with E-state index in [0.29, 0.717) is 23.3 Å². The van der Waals surface area contributed by atoms with Gasteiger partial charge in [0.1, 0.15) is 11.5 Å². The second kappa shape index (κ2) is 1.92. The van der Waals surface area contributed by atoms with Crippen molar-refractivity contribution in [3.63, 3.8) is 0 Å². The van der Waals surface area contributed by atoms with Gasteiger partial charge in [0.15, 0.2) is 0 Å². The quantitative estimate of drug-likeness (QED) is 0.613. The van der Waals surface area contributed by atoms with Crippen molar-refractivity contribution in [2.24, 2.45) is 11.8 Å². The molecule has 4 unspecified atom stereocenters. The van der Waals surface area contributed by atoms with E-state index in [-0.39, 0.29) is 0 Å². The first-order valence-corrected chi connectivity index (χ1v) is 5.32. The Morgan fingerprint density at radius 1 is 0.857 bits per heavy atom. The van der Waals surface area contributed by atoms with Crippen molar-refractivity contribution in [2.45, 2.75) is 24.7 Å². The fraction of sp³-hybridized carbons (Fsp3) is 0.500. The zero-order valence-corrected chi connectivity index (χ0v) is 7.77. The van der Waals surface area contributed by atoms with Crippen molar-refractivity contribution in [3.8, 4) is 11.5 Å². The maximum Gasteiger partial charge on any atom is 0.119 e. The van der Waals surface area contributed by atoms with Gasteiger partial charge in [-0.3, -0.25) is 0 Å². The fourth-order valence-corrected chi connectivity index (χ4v) is 3.88. The molecule has 0 saturated heterocycles. The molecule has 1 aromatic carbocycles. The van der Waals surface area contributed by atoms with Crippen LogP contribution in [0.1, 0.15) is 35.8 Å². The maximum atomic E-state index is 9.80. The van der Waals surface area contributed by atoms with E-state index < -0.39 is 0 Å². The molecule has 0 amide bonds. The summed E-state index contributed by atoms with van der Waals surface area (Å²) < 4.78 is 0. The number of rotatable bonds is 0. The Balaban J connectivity index is 2.05. The molecule has 2 N–H and O–H groups in total. The van der Waals surface area contributed by atoms with Gasteiger partial charge < -0.3 is 10.2 Å². The third kappa shape index (κ3) is 0.543. The van der Waals surface area contributed by atoms with E-state index >= 15 is 0 Å². The van der Waals surface area contributed by atoms with Crippen molar-refractivity contribution in [3.05, 3.63) is 23.3 Å². The molecule has 1 aromatic rings. The summed E-state index contributed by atoms with van der Waals surface area (Å²) in [4.78, 5) is 0. The van der Waals surface area contributed by atoms with Gasteiger partial charge in [-0.25, -0.2) is 0 Å². The van der Waals surface area contributed by atoms with Crippen LogP contribution >= 0.6 is 0 Å². The maximum absolute atomic E-state index is 9.80. The van der Waals surface area contributed by atoms with Gasteiger partial charge in [0.05, 0.1) is 0 Å². The molecular formula is C12H12O2. The molecule has 14 heavy (non-hydrogen) atoms. The fourth-order valence-electron chi connectivity index (χ4n) is 3.88. The van der Waals surface area contributed by atoms with Gasteiger partial charge in [-0.1, -0.05) is 0 Å². The van der Waals surface area contributed by atoms with Crippen LogP contribution in [0.3, 0.4) is 0 Å². The van der Waals surface area contributed by atoms with Crippen LogP contribution in [0.2, 0.25) is 0 Å². The predicted molar refractivity (Wildman–Crippen MR) is 51.5 cm³/mol. The Bertz CT molecular complexity index is 397. The Hall–Kier alpha value is -1.18. The Kier molecular flexibility index (Phi) is 0.983. The van der Waals surface area contributed by atoms with Gasteiger partial charge >= 0.3 is 0 Å². The summed E-state index contributed by atoms with van der Waals surface area (Å²) in [5, 5.41) is 19.6. The average Bonchev–Trinajstić information content (AvgIpc) is 2.19. The van der Waals surface area contributed by atoms with Crippen LogP contribution in [0.4, 0.5) is 0 Å². The first-order valence-electron chi connectivity index (χ1n) is 5.32. The zero-order valence-electron chi connectivity index (χ0n) is 7.77. The van der Waals surface area contributed by atoms with E-state index in [0.717, 1.165) is 23.0 Å². The topological polar surface area (TPSA) is 40.5 Å². The van der Waals surface area contributed by atoms with E-state index in [1.807, 2.05) is 0 Å². The van der Waals surface area contributed by atoms with Crippen LogP contribution in [0.25, 0.3) is 0 Å². The summed E-state index contributed by atoms with van der Waals surface area (Å²) in [6.45, 7) is 0. The van der Waals surface area contributed by atoms with E-state index in [2.05, 4.69) is 0 Å². The third-order valence-corrected chi connectivity index (χ3v) is 4.62. The smallest absolute Gasteiger partial charge is 0.119 e. The molecule has 2 nitrogen and oxygen atoms in total. The lowest BCUT2D eigenvalue weighted by molar-refractivity contribution is -0.0316. The number of aromatic hydroxyl groups is 2. The summed E-state index contributed by atoms with van der Waals surface area (Å²) in [5.74, 6) is 3.53. The van der Waals surface area contributed by atoms with Crippen LogP contribution in [-0.4, -0.2) is 10.2 Å². The minimum atomic E-state index is 0.399. The molecule has 0 radical (unpaired) electrons. The Morgan fingerprint density at radius 3 is 1.64 bits per heavy atom. The summed E-state index contributed by atoms with van der Waals surface area (Å²) in [6, 6.07) is 3.26. The molecule has 4 rings (SSSR count). The zero-order chi connectivity index (χ0) is 9.45. The summed E-state index contributed by atoms with van der Waals surface area (Å²) in [7, 11) is 0. The summed E-state index contributed by atoms with van der Waals surface area (Å²) >= 11 is 0. The van der Waals surface area contributed by atoms with E-state index in [1.54, 1.807) is 12.1 Å². The molecular weight excluding hydrogens is 176 g/mol. The normalized spacial score (nSPS) is 40.9. The largest absolute Gasteiger partial charge is 0.508 e. The van der Waals surface area contributed by atoms with Crippen LogP contribution in [0.15, 0.2) is 12.1 Å². The van der Waals surface area contributed by atoms with Gasteiger partial charge in [-0.15, -0.1) is 0 Å². The minimum absolute atomic E-state index is 0.399. The highest BCUT2D eigenvalue weighted by atomic mass is 16.3. The van der Waals surface area contributed by atoms with Gasteiger partial charge in [0.2, 0.25) is 0 Å². The second-order valence-corrected chi connectivity index (χ2v) is 4.94. The Morgan fingerprint density at radius 2 is 1.29 bits per heavy atom. The molecule has 4 bridgehead atoms. The van der Waals surface area contributed by atoms with Crippen LogP contribution in [-0.2, 0) is 0 Å². The number of benzene rings is 1. The highest BCUT2D eigenvalue weighted by Crippen LogP contribution is 2.73. The number of fused-ring (bicyclic) bond motifs is 3. The third-order valence-electron chi connectivity index (χ3n) is 4.62. The van der Waals surface area contributed by atoms with Crippen molar-refractivity contribution in [2.75, 3.05) is 0 Å². The molecule has 2 fully saturated rings. The van der Waals surface area contributed by atoms with E-state index in [9.17, 15) is 10.2 Å². The van der Waals surface area contributed by atoms with Crippen LogP contribution in [0, 0.1) is 11.8 Å². The highest BCUT2D eigenvalue weighted by Gasteiger charge is 2.61. The van der Waals surface area contributed by atoms with Crippen molar-refractivity contribution >= 4 is 0 Å². The standard InChI is InChI=1S/C12H12O2/c13-9-1-2-10(14)12-8-4-5-6(8)3-7(5)11(9)12/h1-2,5-8,13-14H,3-4H2. The number of hydrogen-bond acceptors (Lipinski definition) is 2. The van der Waals surface area contributed by atoms with Crippen LogP contribution < -0.4 is 0 Å². The van der Waals surface area contributed by atoms with Gasteiger partial charge in [-0.05, 0) is 48.6 Å². The van der Waals surface area contributed by atoms with Gasteiger partial charge in [0, 0.05) is 11.1 Å². The van der Waals surface area contributed by atoms with Crippen molar-refractivity contribution in [1.82, 2.24) is 0 Å². The van der Waals surface area contributed by atoms with Crippen molar-refractivity contribution < 1.29 is 10.2 Å². The first kappa shape index (κ1) is 7.16. The molecule has 0 aliphatic heterocycles. The lowest BCUT2D eigenvalue weighted by Crippen LogP contribution is -2.53. The monoisotopic (exact) mass is 188 g/mol. The molecule has 2 heteroatoms. The first-order chi connectivity index (χ1) is 6.77. The molecule has 3 aliphatic carbocycles. The molecule has 0 aromatic heterocycles. The molecule has 2 saturated carbocycles. The lowest BCUT2D eigenvalue weighted by Gasteiger charge is -2.64. The minimum Gasteiger partial charge on any atom is -0.508 e. The SMILES string of the molecule is Oc1ccc(O)c2c1C1CC3C2CC13. The number of phenolic OH excluding ortho intramolecular Hbond substituents is 2. The van der Waals surface area contributed by atoms with Crippen LogP contribution in [0.5, 0.6) is 11.5 Å². The average molecular weight is 188 g/mol. The molecule has 72 valence electrons. The van der Waals surface area contributed by atoms with E-state index in [1.165, 1.54) is 12.8 Å². The lowest BCUT2D eigenvalue weighted by atomic mass is 9.40. The molecule has 0 spiro atoms. The molecule has 3 aliphatic rings. The second-order valence-electron chi connectivity index (χ2n) is 4.94. The summed E-state index contributed by atoms with van der Waals surface area (Å²) in [5.41, 5.74) is 2.13. The highest BCUT2D eigenvalue weighted by molar-refractivity contribution is 5.58. The van der Waals surface area contributed by atoms with Gasteiger partial charge in [0.25, 0.3) is 0 Å². The Labute approximate surface area is 82.2 Å². The van der Waals surface area contributed by atoms with E-state index in [4.69, 9.17) is 0 Å². The van der Waals surface area contributed by atoms with Crippen molar-refractivity contribution in [1.29, 1.82) is 0 Å². The molecule has 0 heterocycles. The number of phenols is 2. The van der Waals surface area contributed by atoms with Gasteiger partial charge in [-0.2, -0.15) is 0 Å². The molecule has 4 atom stereocenters. The summed E-state index contributed by atoms with van der Waals surface area (Å²) in [6.07, 6.45) is 2.47.